The first kappa shape index (κ1) is 19.5. The number of carbonyl (C=O) groups excluding carboxylic acids is 2. The third kappa shape index (κ3) is 4.63. The van der Waals surface area contributed by atoms with Crippen molar-refractivity contribution in [3.05, 3.63) is 60.2 Å². The van der Waals surface area contributed by atoms with Crippen LogP contribution in [0.4, 0.5) is 5.69 Å². The molecule has 0 aliphatic rings. The number of benzene rings is 2. The van der Waals surface area contributed by atoms with Gasteiger partial charge in [0.05, 0.1) is 7.11 Å². The third-order valence-corrected chi connectivity index (χ3v) is 4.34. The molecule has 0 bridgehead atoms. The van der Waals surface area contributed by atoms with Gasteiger partial charge in [-0.05, 0) is 50.6 Å². The molecule has 0 spiro atoms. The molecule has 1 N–H and O–H groups in total. The molecule has 0 saturated carbocycles. The molecule has 0 unspecified atom stereocenters. The van der Waals surface area contributed by atoms with Crippen molar-refractivity contribution in [1.82, 2.24) is 4.90 Å². The maximum atomic E-state index is 13.0. The minimum Gasteiger partial charge on any atom is -0.497 e. The van der Waals surface area contributed by atoms with E-state index in [1.54, 1.807) is 50.1 Å². The zero-order valence-electron chi connectivity index (χ0n) is 15.8. The van der Waals surface area contributed by atoms with Gasteiger partial charge in [0.1, 0.15) is 11.2 Å². The molecule has 0 atom stereocenters. The Balaban J connectivity index is 2.09. The van der Waals surface area contributed by atoms with Gasteiger partial charge in [0.2, 0.25) is 11.8 Å². The van der Waals surface area contributed by atoms with Crippen molar-refractivity contribution in [3.8, 4) is 5.75 Å². The fourth-order valence-corrected chi connectivity index (χ4v) is 2.59. The number of hydrogen-bond acceptors (Lipinski definition) is 3. The normalized spacial score (nSPS) is 10.9. The quantitative estimate of drug-likeness (QED) is 0.771. The highest BCUT2D eigenvalue weighted by atomic mass is 16.5. The first-order chi connectivity index (χ1) is 12.4. The summed E-state index contributed by atoms with van der Waals surface area (Å²) in [6, 6.07) is 16.8. The Morgan fingerprint density at radius 1 is 1.04 bits per heavy atom. The van der Waals surface area contributed by atoms with Crippen molar-refractivity contribution >= 4 is 17.5 Å². The molecule has 0 fully saturated rings. The van der Waals surface area contributed by atoms with Gasteiger partial charge in [-0.2, -0.15) is 0 Å². The van der Waals surface area contributed by atoms with Crippen LogP contribution in [0, 0.1) is 5.41 Å². The van der Waals surface area contributed by atoms with Crippen molar-refractivity contribution in [1.29, 1.82) is 0 Å². The van der Waals surface area contributed by atoms with E-state index < -0.39 is 5.41 Å². The van der Waals surface area contributed by atoms with E-state index in [1.165, 1.54) is 0 Å². The van der Waals surface area contributed by atoms with Crippen LogP contribution in [0.3, 0.4) is 0 Å². The first-order valence-electron chi connectivity index (χ1n) is 8.67. The maximum absolute atomic E-state index is 13.0. The topological polar surface area (TPSA) is 58.6 Å². The zero-order valence-corrected chi connectivity index (χ0v) is 15.8. The van der Waals surface area contributed by atoms with Crippen LogP contribution in [0.5, 0.6) is 5.75 Å². The lowest BCUT2D eigenvalue weighted by Gasteiger charge is -2.30. The summed E-state index contributed by atoms with van der Waals surface area (Å²) < 4.78 is 5.11. The van der Waals surface area contributed by atoms with Gasteiger partial charge in [-0.15, -0.1) is 0 Å². The Kier molecular flexibility index (Phi) is 6.39. The number of hydrogen-bond donors (Lipinski definition) is 1. The Labute approximate surface area is 155 Å². The van der Waals surface area contributed by atoms with Crippen LogP contribution in [-0.4, -0.2) is 30.4 Å². The number of nitrogens with zero attached hydrogens (tertiary/aromatic N) is 1. The van der Waals surface area contributed by atoms with Gasteiger partial charge in [-0.25, -0.2) is 0 Å². The van der Waals surface area contributed by atoms with E-state index in [9.17, 15) is 9.59 Å². The van der Waals surface area contributed by atoms with Crippen LogP contribution in [0.1, 0.15) is 26.3 Å². The molecule has 2 amide bonds. The molecule has 26 heavy (non-hydrogen) atoms. The number of ether oxygens (including phenoxy) is 1. The monoisotopic (exact) mass is 354 g/mol. The summed E-state index contributed by atoms with van der Waals surface area (Å²) in [6.45, 7) is 6.24. The summed E-state index contributed by atoms with van der Waals surface area (Å²) in [5.74, 6) is 0.174. The minimum absolute atomic E-state index is 0.199. The van der Waals surface area contributed by atoms with Crippen LogP contribution in [0.2, 0.25) is 0 Å². The molecule has 0 aliphatic carbocycles. The lowest BCUT2D eigenvalue weighted by atomic mass is 9.90. The molecule has 0 radical (unpaired) electrons. The molecule has 2 aromatic rings. The van der Waals surface area contributed by atoms with Gasteiger partial charge >= 0.3 is 0 Å². The zero-order chi connectivity index (χ0) is 19.2. The third-order valence-electron chi connectivity index (χ3n) is 4.34. The van der Waals surface area contributed by atoms with Gasteiger partial charge in [-0.1, -0.05) is 30.3 Å². The van der Waals surface area contributed by atoms with Gasteiger partial charge < -0.3 is 15.0 Å². The van der Waals surface area contributed by atoms with Crippen LogP contribution >= 0.6 is 0 Å². The van der Waals surface area contributed by atoms with Crippen molar-refractivity contribution in [2.24, 2.45) is 5.41 Å². The van der Waals surface area contributed by atoms with E-state index in [1.807, 2.05) is 37.3 Å². The predicted molar refractivity (Wildman–Crippen MR) is 103 cm³/mol. The average Bonchev–Trinajstić information content (AvgIpc) is 2.66. The second-order valence-electron chi connectivity index (χ2n) is 6.61. The SMILES string of the molecule is CCN(Cc1ccccc1)C(=O)C(C)(C)C(=O)Nc1ccc(OC)cc1. The van der Waals surface area contributed by atoms with Crippen molar-refractivity contribution in [2.75, 3.05) is 19.0 Å². The molecular weight excluding hydrogens is 328 g/mol. The van der Waals surface area contributed by atoms with Crippen LogP contribution < -0.4 is 10.1 Å². The molecule has 2 aromatic carbocycles. The molecule has 0 heterocycles. The minimum atomic E-state index is -1.18. The van der Waals surface area contributed by atoms with E-state index in [0.717, 1.165) is 5.56 Å². The van der Waals surface area contributed by atoms with Crippen LogP contribution in [0.25, 0.3) is 0 Å². The number of methoxy groups -OCH3 is 1. The van der Waals surface area contributed by atoms with Gasteiger partial charge in [-0.3, -0.25) is 9.59 Å². The van der Waals surface area contributed by atoms with E-state index in [0.29, 0.717) is 24.5 Å². The van der Waals surface area contributed by atoms with Crippen molar-refractivity contribution in [3.63, 3.8) is 0 Å². The molecule has 0 saturated heterocycles. The highest BCUT2D eigenvalue weighted by molar-refractivity contribution is 6.09. The summed E-state index contributed by atoms with van der Waals surface area (Å²) in [5.41, 5.74) is 0.488. The van der Waals surface area contributed by atoms with E-state index in [4.69, 9.17) is 4.74 Å². The molecule has 5 nitrogen and oxygen atoms in total. The fourth-order valence-electron chi connectivity index (χ4n) is 2.59. The molecular formula is C21H26N2O3. The second-order valence-corrected chi connectivity index (χ2v) is 6.61. The second kappa shape index (κ2) is 8.52. The summed E-state index contributed by atoms with van der Waals surface area (Å²) in [6.07, 6.45) is 0. The number of anilines is 1. The lowest BCUT2D eigenvalue weighted by molar-refractivity contribution is -0.146. The summed E-state index contributed by atoms with van der Waals surface area (Å²) in [5, 5.41) is 2.82. The number of amides is 2. The molecule has 2 rings (SSSR count). The summed E-state index contributed by atoms with van der Waals surface area (Å²) >= 11 is 0. The smallest absolute Gasteiger partial charge is 0.239 e. The predicted octanol–water partition coefficient (Wildman–Crippen LogP) is 3.71. The first-order valence-corrected chi connectivity index (χ1v) is 8.67. The molecule has 5 heteroatoms. The van der Waals surface area contributed by atoms with Gasteiger partial charge in [0.15, 0.2) is 0 Å². The largest absolute Gasteiger partial charge is 0.497 e. The van der Waals surface area contributed by atoms with Crippen LogP contribution in [0.15, 0.2) is 54.6 Å². The Bertz CT molecular complexity index is 740. The highest BCUT2D eigenvalue weighted by Crippen LogP contribution is 2.24. The van der Waals surface area contributed by atoms with Gasteiger partial charge in [0, 0.05) is 18.8 Å². The number of carbonyl (C=O) groups is 2. The van der Waals surface area contributed by atoms with Gasteiger partial charge in [0.25, 0.3) is 0 Å². The highest BCUT2D eigenvalue weighted by Gasteiger charge is 2.38. The molecule has 0 aliphatic heterocycles. The summed E-state index contributed by atoms with van der Waals surface area (Å²) in [7, 11) is 1.58. The fraction of sp³-hybridized carbons (Fsp3) is 0.333. The lowest BCUT2D eigenvalue weighted by Crippen LogP contribution is -2.47. The Morgan fingerprint density at radius 3 is 2.19 bits per heavy atom. The number of nitrogens with one attached hydrogen (secondary N) is 1. The molecule has 138 valence electrons. The van der Waals surface area contributed by atoms with Crippen LogP contribution in [-0.2, 0) is 16.1 Å². The van der Waals surface area contributed by atoms with Crippen molar-refractivity contribution < 1.29 is 14.3 Å². The average molecular weight is 354 g/mol. The van der Waals surface area contributed by atoms with E-state index >= 15 is 0 Å². The number of rotatable bonds is 7. The van der Waals surface area contributed by atoms with E-state index in [2.05, 4.69) is 5.32 Å². The molecule has 0 aromatic heterocycles. The van der Waals surface area contributed by atoms with E-state index in [-0.39, 0.29) is 11.8 Å². The van der Waals surface area contributed by atoms with Crippen molar-refractivity contribution in [2.45, 2.75) is 27.3 Å². The Morgan fingerprint density at radius 2 is 1.65 bits per heavy atom. The Hall–Kier alpha value is -2.82. The summed E-state index contributed by atoms with van der Waals surface area (Å²) in [4.78, 5) is 27.4. The standard InChI is InChI=1S/C21H26N2O3/c1-5-23(15-16-9-7-6-8-10-16)20(25)21(2,3)19(24)22-17-11-13-18(26-4)14-12-17/h6-14H,5,15H2,1-4H3,(H,22,24). The maximum Gasteiger partial charge on any atom is 0.239 e.